The maximum absolute atomic E-state index is 5.63. The Hall–Kier alpha value is -6.95. The molecule has 12 aromatic rings. The topological polar surface area (TPSA) is 109 Å². The van der Waals surface area contributed by atoms with Crippen molar-refractivity contribution < 1.29 is 13.3 Å². The fraction of sp³-hybridized carbons (Fsp3) is 0.317. The Kier molecular flexibility index (Phi) is 20.0. The van der Waals surface area contributed by atoms with Gasteiger partial charge in [0.2, 0.25) is 0 Å². The monoisotopic (exact) mass is 1030 g/mol. The average Bonchev–Trinajstić information content (AvgIpc) is 4.25. The van der Waals surface area contributed by atoms with Crippen LogP contribution in [0.4, 0.5) is 0 Å². The molecule has 0 atom stereocenters. The molecule has 0 spiro atoms. The third-order valence-electron chi connectivity index (χ3n) is 11.6. The Labute approximate surface area is 445 Å². The molecule has 386 valence electrons. The van der Waals surface area contributed by atoms with Crippen molar-refractivity contribution in [3.05, 3.63) is 185 Å². The van der Waals surface area contributed by atoms with Gasteiger partial charge in [0, 0.05) is 47.9 Å². The van der Waals surface area contributed by atoms with Gasteiger partial charge in [-0.1, -0.05) is 169 Å². The standard InChI is InChI=1S/C11H14N2.C11H12O.2C10H11NO.2C10H11NS.CH4/c1-8(2)11-12-9-6-4-5-7-10(9)13(11)3;1-8(2)11-7-9-5-3-4-6-10(9)12-11;4*1-7(2)10-11-8-5-3-4-6-9(8)12-10;/h4-8H,1-3H3;3-8H,1-2H3;4*3-7H,1-2H3;1H4. The average molecular weight is 1030 g/mol. The summed E-state index contributed by atoms with van der Waals surface area (Å²) in [5.41, 5.74) is 9.20. The number of rotatable bonds is 6. The molecular formula is C63H74N6O3S2. The fourth-order valence-corrected chi connectivity index (χ4v) is 9.46. The molecule has 6 aromatic heterocycles. The summed E-state index contributed by atoms with van der Waals surface area (Å²) in [5, 5.41) is 3.66. The number of thiazole rings is 2. The first-order valence-corrected chi connectivity index (χ1v) is 27.0. The van der Waals surface area contributed by atoms with Crippen molar-refractivity contribution in [2.75, 3.05) is 0 Å². The van der Waals surface area contributed by atoms with Crippen LogP contribution in [0.2, 0.25) is 0 Å². The van der Waals surface area contributed by atoms with Gasteiger partial charge in [-0.2, -0.15) is 0 Å². The molecule has 0 aliphatic carbocycles. The molecule has 74 heavy (non-hydrogen) atoms. The highest BCUT2D eigenvalue weighted by Crippen LogP contribution is 2.29. The first-order valence-electron chi connectivity index (χ1n) is 25.4. The van der Waals surface area contributed by atoms with Crippen LogP contribution in [-0.2, 0) is 7.05 Å². The number of nitrogens with zero attached hydrogens (tertiary/aromatic N) is 6. The molecule has 0 amide bonds. The van der Waals surface area contributed by atoms with E-state index in [1.165, 1.54) is 30.3 Å². The van der Waals surface area contributed by atoms with Crippen LogP contribution in [0.3, 0.4) is 0 Å². The number of aryl methyl sites for hydroxylation is 1. The molecule has 0 unspecified atom stereocenters. The van der Waals surface area contributed by atoms with E-state index in [0.717, 1.165) is 67.7 Å². The number of furan rings is 1. The van der Waals surface area contributed by atoms with Crippen molar-refractivity contribution in [1.29, 1.82) is 0 Å². The largest absolute Gasteiger partial charge is 0.461 e. The summed E-state index contributed by atoms with van der Waals surface area (Å²) in [7, 11) is 2.07. The van der Waals surface area contributed by atoms with Crippen LogP contribution in [0, 0.1) is 0 Å². The second kappa shape index (κ2) is 26.3. The summed E-state index contributed by atoms with van der Waals surface area (Å²) < 4.78 is 21.4. The molecule has 0 bridgehead atoms. The normalized spacial score (nSPS) is 11.1. The lowest BCUT2D eigenvalue weighted by Crippen LogP contribution is -1.99. The zero-order valence-electron chi connectivity index (χ0n) is 44.6. The van der Waals surface area contributed by atoms with E-state index in [2.05, 4.69) is 180 Å². The predicted octanol–water partition coefficient (Wildman–Crippen LogP) is 19.6. The van der Waals surface area contributed by atoms with E-state index in [1.54, 1.807) is 22.7 Å². The van der Waals surface area contributed by atoms with Gasteiger partial charge in [0.1, 0.15) is 28.2 Å². The van der Waals surface area contributed by atoms with Gasteiger partial charge in [0.25, 0.3) is 0 Å². The number of hydrogen-bond acceptors (Lipinski definition) is 10. The second-order valence-corrected chi connectivity index (χ2v) is 21.8. The molecule has 11 heteroatoms. The number of aromatic nitrogens is 6. The van der Waals surface area contributed by atoms with Crippen molar-refractivity contribution in [2.24, 2.45) is 7.05 Å². The molecule has 0 aliphatic rings. The van der Waals surface area contributed by atoms with Crippen molar-refractivity contribution in [3.63, 3.8) is 0 Å². The summed E-state index contributed by atoms with van der Waals surface area (Å²) in [5.74, 6) is 6.61. The molecule has 6 aromatic carbocycles. The molecule has 6 heterocycles. The Bertz CT molecular complexity index is 2980. The minimum atomic E-state index is 0. The van der Waals surface area contributed by atoms with Crippen LogP contribution in [0.25, 0.3) is 64.6 Å². The quantitative estimate of drug-likeness (QED) is 0.162. The number of oxazole rings is 2. The van der Waals surface area contributed by atoms with Crippen molar-refractivity contribution >= 4 is 87.3 Å². The van der Waals surface area contributed by atoms with Gasteiger partial charge in [-0.05, 0) is 72.8 Å². The lowest BCUT2D eigenvalue weighted by atomic mass is 10.1. The molecule has 12 rings (SSSR count). The van der Waals surface area contributed by atoms with Gasteiger partial charge >= 0.3 is 0 Å². The zero-order chi connectivity index (χ0) is 52.2. The van der Waals surface area contributed by atoms with E-state index in [9.17, 15) is 0 Å². The molecular weight excluding hydrogens is 953 g/mol. The molecule has 0 aliphatic heterocycles. The third-order valence-corrected chi connectivity index (χ3v) is 14.2. The summed E-state index contributed by atoms with van der Waals surface area (Å²) in [6.45, 7) is 25.6. The number of fused-ring (bicyclic) bond motifs is 6. The third kappa shape index (κ3) is 14.6. The molecule has 0 N–H and O–H groups in total. The van der Waals surface area contributed by atoms with Gasteiger partial charge in [0.05, 0.1) is 41.5 Å². The molecule has 0 radical (unpaired) electrons. The van der Waals surface area contributed by atoms with Gasteiger partial charge in [0.15, 0.2) is 22.9 Å². The smallest absolute Gasteiger partial charge is 0.198 e. The van der Waals surface area contributed by atoms with E-state index in [1.807, 2.05) is 91.0 Å². The van der Waals surface area contributed by atoms with Gasteiger partial charge < -0.3 is 17.8 Å². The number of para-hydroxylation sites is 9. The van der Waals surface area contributed by atoms with Crippen LogP contribution in [0.1, 0.15) is 159 Å². The Morgan fingerprint density at radius 3 is 1.18 bits per heavy atom. The van der Waals surface area contributed by atoms with Crippen LogP contribution in [0.5, 0.6) is 0 Å². The van der Waals surface area contributed by atoms with E-state index in [-0.39, 0.29) is 7.43 Å². The van der Waals surface area contributed by atoms with Gasteiger partial charge in [-0.25, -0.2) is 24.9 Å². The maximum atomic E-state index is 5.63. The summed E-state index contributed by atoms with van der Waals surface area (Å²) in [4.78, 5) is 22.3. The minimum absolute atomic E-state index is 0. The first kappa shape index (κ1) is 56.3. The van der Waals surface area contributed by atoms with Crippen LogP contribution in [0.15, 0.2) is 165 Å². The Balaban J connectivity index is 0.000000144. The molecule has 0 fully saturated rings. The van der Waals surface area contributed by atoms with Gasteiger partial charge in [-0.15, -0.1) is 22.7 Å². The van der Waals surface area contributed by atoms with E-state index in [4.69, 9.17) is 13.3 Å². The summed E-state index contributed by atoms with van der Waals surface area (Å²) in [6.07, 6.45) is 0. The Morgan fingerprint density at radius 2 is 0.784 bits per heavy atom. The summed E-state index contributed by atoms with van der Waals surface area (Å²) in [6, 6.07) is 50.7. The van der Waals surface area contributed by atoms with E-state index >= 15 is 0 Å². The first-order chi connectivity index (χ1) is 35.1. The maximum Gasteiger partial charge on any atom is 0.198 e. The highest BCUT2D eigenvalue weighted by molar-refractivity contribution is 7.19. The zero-order valence-corrected chi connectivity index (χ0v) is 46.3. The lowest BCUT2D eigenvalue weighted by molar-refractivity contribution is 0.501. The second-order valence-electron chi connectivity index (χ2n) is 19.7. The van der Waals surface area contributed by atoms with E-state index in [0.29, 0.717) is 35.5 Å². The lowest BCUT2D eigenvalue weighted by Gasteiger charge is -2.04. The van der Waals surface area contributed by atoms with Crippen molar-refractivity contribution in [2.45, 2.75) is 126 Å². The highest BCUT2D eigenvalue weighted by Gasteiger charge is 2.12. The SMILES string of the molecule is C.CC(C)c1cc2ccccc2o1.CC(C)c1nc2ccccc2n1C.CC(C)c1nc2ccccc2o1.CC(C)c1nc2ccccc2o1.CC(C)c1nc2ccccc2s1.CC(C)c1nc2ccccc2s1. The molecule has 0 saturated heterocycles. The Morgan fingerprint density at radius 1 is 0.378 bits per heavy atom. The minimum Gasteiger partial charge on any atom is -0.461 e. The number of hydrogen-bond donors (Lipinski definition) is 0. The molecule has 9 nitrogen and oxygen atoms in total. The van der Waals surface area contributed by atoms with Crippen molar-refractivity contribution in [3.8, 4) is 0 Å². The van der Waals surface area contributed by atoms with Gasteiger partial charge in [-0.3, -0.25) is 0 Å². The number of imidazole rings is 1. The molecule has 0 saturated carbocycles. The number of benzene rings is 6. The fourth-order valence-electron chi connectivity index (χ4n) is 7.52. The summed E-state index contributed by atoms with van der Waals surface area (Å²) >= 11 is 3.59. The van der Waals surface area contributed by atoms with Crippen molar-refractivity contribution in [1.82, 2.24) is 29.5 Å². The van der Waals surface area contributed by atoms with E-state index < -0.39 is 0 Å². The predicted molar refractivity (Wildman–Crippen MR) is 315 cm³/mol. The van der Waals surface area contributed by atoms with Crippen LogP contribution < -0.4 is 0 Å². The van der Waals surface area contributed by atoms with Crippen LogP contribution >= 0.6 is 22.7 Å². The van der Waals surface area contributed by atoms with Crippen LogP contribution in [-0.4, -0.2) is 29.5 Å². The highest BCUT2D eigenvalue weighted by atomic mass is 32.1.